The Bertz CT molecular complexity index is 1090. The molecule has 0 amide bonds. The second kappa shape index (κ2) is 12.9. The van der Waals surface area contributed by atoms with Crippen LogP contribution in [0.15, 0.2) is 54.6 Å². The van der Waals surface area contributed by atoms with Gasteiger partial charge in [0.2, 0.25) is 0 Å². The minimum absolute atomic E-state index is 0.339. The van der Waals surface area contributed by atoms with Crippen LogP contribution in [-0.4, -0.2) is 16.6 Å². The van der Waals surface area contributed by atoms with Crippen molar-refractivity contribution in [2.45, 2.75) is 85.0 Å². The molecule has 206 valence electrons. The Morgan fingerprint density at radius 3 is 2.53 bits per heavy atom. The highest BCUT2D eigenvalue weighted by Crippen LogP contribution is 2.50. The van der Waals surface area contributed by atoms with E-state index in [0.717, 1.165) is 42.9 Å². The van der Waals surface area contributed by atoms with Crippen molar-refractivity contribution in [3.05, 3.63) is 76.9 Å². The van der Waals surface area contributed by atoms with Crippen LogP contribution in [0.1, 0.15) is 88.0 Å². The molecule has 38 heavy (non-hydrogen) atoms. The first-order valence-electron chi connectivity index (χ1n) is 15.2. The molecule has 3 aliphatic rings. The van der Waals surface area contributed by atoms with Crippen LogP contribution in [0.2, 0.25) is 0 Å². The van der Waals surface area contributed by atoms with E-state index >= 15 is 0 Å². The number of fused-ring (bicyclic) bond motifs is 5. The zero-order valence-corrected chi connectivity index (χ0v) is 25.5. The highest BCUT2D eigenvalue weighted by atomic mass is 33.1. The van der Waals surface area contributed by atoms with Crippen molar-refractivity contribution < 1.29 is 5.11 Å². The molecular weight excluding hydrogens is 501 g/mol. The van der Waals surface area contributed by atoms with Gasteiger partial charge in [-0.15, -0.1) is 0 Å². The lowest BCUT2D eigenvalue weighted by molar-refractivity contribution is 0.0932. The highest BCUT2D eigenvalue weighted by molar-refractivity contribution is 8.76. The van der Waals surface area contributed by atoms with E-state index in [9.17, 15) is 5.11 Å². The summed E-state index contributed by atoms with van der Waals surface area (Å²) in [6, 6.07) is 15.4. The topological polar surface area (TPSA) is 20.2 Å². The van der Waals surface area contributed by atoms with Gasteiger partial charge in [0.1, 0.15) is 5.75 Å². The maximum atomic E-state index is 10.7. The molecule has 1 saturated carbocycles. The van der Waals surface area contributed by atoms with E-state index < -0.39 is 0 Å². The molecule has 5 rings (SSSR count). The third kappa shape index (κ3) is 7.25. The van der Waals surface area contributed by atoms with Gasteiger partial charge in [-0.1, -0.05) is 91.3 Å². The lowest BCUT2D eigenvalue weighted by Gasteiger charge is -2.46. The van der Waals surface area contributed by atoms with E-state index in [1.54, 1.807) is 0 Å². The second-order valence-electron chi connectivity index (χ2n) is 13.1. The summed E-state index contributed by atoms with van der Waals surface area (Å²) in [5.41, 5.74) is 5.84. The summed E-state index contributed by atoms with van der Waals surface area (Å²) in [7, 11) is 4.30. The Morgan fingerprint density at radius 2 is 1.71 bits per heavy atom. The summed E-state index contributed by atoms with van der Waals surface area (Å²) >= 11 is 0. The van der Waals surface area contributed by atoms with Gasteiger partial charge < -0.3 is 5.11 Å². The van der Waals surface area contributed by atoms with Gasteiger partial charge >= 0.3 is 0 Å². The van der Waals surface area contributed by atoms with Crippen LogP contribution in [0.25, 0.3) is 0 Å². The zero-order valence-electron chi connectivity index (χ0n) is 23.8. The van der Waals surface area contributed by atoms with E-state index in [0.29, 0.717) is 17.1 Å². The van der Waals surface area contributed by atoms with Crippen molar-refractivity contribution in [1.82, 2.24) is 0 Å². The Morgan fingerprint density at radius 1 is 0.947 bits per heavy atom. The number of aryl methyl sites for hydroxylation is 1. The molecule has 1 fully saturated rings. The van der Waals surface area contributed by atoms with Crippen molar-refractivity contribution >= 4 is 21.6 Å². The third-order valence-electron chi connectivity index (χ3n) is 9.83. The highest BCUT2D eigenvalue weighted by Gasteiger charge is 2.40. The lowest BCUT2D eigenvalue weighted by Crippen LogP contribution is -2.37. The molecule has 1 aliphatic heterocycles. The van der Waals surface area contributed by atoms with Gasteiger partial charge in [-0.25, -0.2) is 0 Å². The smallest absolute Gasteiger partial charge is 0.116 e. The summed E-state index contributed by atoms with van der Waals surface area (Å²) in [4.78, 5) is 0. The Balaban J connectivity index is 1.43. The fourth-order valence-corrected chi connectivity index (χ4v) is 10.7. The number of hydrogen-bond acceptors (Lipinski definition) is 3. The standard InChI is InChI=1S/C35H48OS2/c1-4-26-11-12-31-9-5-6-10-32(31)17-29-15-28(20-34(36)21-29)14-27-16-30(24-38-37-23-26)19-33(18-27)35(3)13-7-8-25(2)22-35/h5-7,9-10,13,15,20-21,25-27,30,33,36H,4,8,11-12,14,16-19,22-24H2,1-3H3/t25-,26-,27+,30-,33+,35-/m0/s1. The molecule has 2 aromatic carbocycles. The third-order valence-corrected chi connectivity index (χ3v) is 12.5. The van der Waals surface area contributed by atoms with Crippen molar-refractivity contribution in [3.63, 3.8) is 0 Å². The second-order valence-corrected chi connectivity index (χ2v) is 15.7. The summed E-state index contributed by atoms with van der Waals surface area (Å²) in [6.07, 6.45) is 17.4. The largest absolute Gasteiger partial charge is 0.508 e. The normalized spacial score (nSPS) is 32.8. The van der Waals surface area contributed by atoms with E-state index in [1.165, 1.54) is 78.7 Å². The van der Waals surface area contributed by atoms with Crippen LogP contribution in [0, 0.1) is 35.0 Å². The van der Waals surface area contributed by atoms with Gasteiger partial charge in [0, 0.05) is 11.5 Å². The van der Waals surface area contributed by atoms with Crippen molar-refractivity contribution in [1.29, 1.82) is 0 Å². The average molecular weight is 549 g/mol. The van der Waals surface area contributed by atoms with Crippen LogP contribution < -0.4 is 0 Å². The molecular formula is C35H48OS2. The monoisotopic (exact) mass is 548 g/mol. The van der Waals surface area contributed by atoms with Crippen molar-refractivity contribution in [3.8, 4) is 5.75 Å². The molecule has 3 heteroatoms. The van der Waals surface area contributed by atoms with Gasteiger partial charge in [-0.05, 0) is 127 Å². The van der Waals surface area contributed by atoms with Crippen LogP contribution >= 0.6 is 21.6 Å². The maximum Gasteiger partial charge on any atom is 0.116 e. The van der Waals surface area contributed by atoms with Crippen molar-refractivity contribution in [2.75, 3.05) is 11.5 Å². The summed E-state index contributed by atoms with van der Waals surface area (Å²) in [6.45, 7) is 7.36. The van der Waals surface area contributed by atoms with Crippen LogP contribution in [0.5, 0.6) is 5.75 Å². The SMILES string of the molecule is CC[C@H]1CCc2ccccc2Cc2cc(O)cc(c2)C[C@@H]2C[C@H](CSSC1)C[C@H]([C@@]1(C)C=CC[C@H](C)C1)C2. The van der Waals surface area contributed by atoms with Gasteiger partial charge in [0.05, 0.1) is 0 Å². The first kappa shape index (κ1) is 28.2. The first-order chi connectivity index (χ1) is 18.4. The molecule has 1 N–H and O–H groups in total. The van der Waals surface area contributed by atoms with Gasteiger partial charge in [0.15, 0.2) is 0 Å². The molecule has 0 radical (unpaired) electrons. The number of aromatic hydroxyl groups is 1. The molecule has 0 saturated heterocycles. The molecule has 1 heterocycles. The summed E-state index contributed by atoms with van der Waals surface area (Å²) < 4.78 is 0. The van der Waals surface area contributed by atoms with Crippen molar-refractivity contribution in [2.24, 2.45) is 35.0 Å². The van der Waals surface area contributed by atoms with Gasteiger partial charge in [0.25, 0.3) is 0 Å². The molecule has 2 aromatic rings. The molecule has 2 aliphatic carbocycles. The van der Waals surface area contributed by atoms with Crippen LogP contribution in [0.3, 0.4) is 0 Å². The van der Waals surface area contributed by atoms with E-state index in [1.807, 2.05) is 12.1 Å². The quantitative estimate of drug-likeness (QED) is 0.298. The molecule has 0 aromatic heterocycles. The number of phenolic OH excluding ortho intramolecular Hbond substituents is 1. The first-order valence-corrected chi connectivity index (χ1v) is 17.7. The predicted octanol–water partition coefficient (Wildman–Crippen LogP) is 9.90. The Kier molecular flexibility index (Phi) is 9.58. The summed E-state index contributed by atoms with van der Waals surface area (Å²) in [5, 5.41) is 10.7. The van der Waals surface area contributed by atoms with E-state index in [-0.39, 0.29) is 0 Å². The maximum absolute atomic E-state index is 10.7. The molecule has 0 unspecified atom stereocenters. The number of phenols is 1. The number of benzene rings is 2. The van der Waals surface area contributed by atoms with E-state index in [2.05, 4.69) is 84.8 Å². The average Bonchev–Trinajstić information content (AvgIpc) is 2.88. The zero-order chi connectivity index (χ0) is 26.5. The minimum Gasteiger partial charge on any atom is -0.508 e. The van der Waals surface area contributed by atoms with Gasteiger partial charge in [-0.3, -0.25) is 0 Å². The molecule has 0 spiro atoms. The van der Waals surface area contributed by atoms with Crippen LogP contribution in [0.4, 0.5) is 0 Å². The number of allylic oxidation sites excluding steroid dienone is 2. The minimum atomic E-state index is 0.339. The Labute approximate surface area is 240 Å². The fraction of sp³-hybridized carbons (Fsp3) is 0.600. The van der Waals surface area contributed by atoms with Gasteiger partial charge in [-0.2, -0.15) is 0 Å². The number of rotatable bonds is 2. The molecule has 1 nitrogen and oxygen atoms in total. The fourth-order valence-electron chi connectivity index (χ4n) is 7.72. The van der Waals surface area contributed by atoms with Crippen LogP contribution in [-0.2, 0) is 19.3 Å². The number of hydrogen-bond donors (Lipinski definition) is 1. The predicted molar refractivity (Wildman–Crippen MR) is 168 cm³/mol. The summed E-state index contributed by atoms with van der Waals surface area (Å²) in [5.74, 6) is 6.85. The molecule has 4 bridgehead atoms. The van der Waals surface area contributed by atoms with E-state index in [4.69, 9.17) is 0 Å². The Hall–Kier alpha value is -1.32. The molecule has 6 atom stereocenters. The lowest BCUT2D eigenvalue weighted by atomic mass is 9.60.